The highest BCUT2D eigenvalue weighted by atomic mass is 19.4. The number of rotatable bonds is 7. The molecule has 0 aliphatic heterocycles. The fraction of sp³-hybridized carbons (Fsp3) is 0.909. The van der Waals surface area contributed by atoms with E-state index in [0.29, 0.717) is 0 Å². The summed E-state index contributed by atoms with van der Waals surface area (Å²) in [6.45, 7) is 1.67. The van der Waals surface area contributed by atoms with Crippen LogP contribution in [0.25, 0.3) is 0 Å². The molecule has 1 amide bonds. The molecule has 4 nitrogen and oxygen atoms in total. The van der Waals surface area contributed by atoms with E-state index in [-0.39, 0.29) is 19.1 Å². The summed E-state index contributed by atoms with van der Waals surface area (Å²) in [5, 5.41) is 3.10. The van der Waals surface area contributed by atoms with Gasteiger partial charge in [0, 0.05) is 19.1 Å². The van der Waals surface area contributed by atoms with Crippen molar-refractivity contribution in [3.8, 4) is 0 Å². The average Bonchev–Trinajstić information content (AvgIpc) is 2.97. The van der Waals surface area contributed by atoms with Gasteiger partial charge in [-0.25, -0.2) is 0 Å². The SMILES string of the molecule is CN(CCC(F)(F)F)CC(C)(NC1CC1)C(N)=O. The van der Waals surface area contributed by atoms with Gasteiger partial charge in [0.2, 0.25) is 5.91 Å². The van der Waals surface area contributed by atoms with Crippen LogP contribution in [0.15, 0.2) is 0 Å². The van der Waals surface area contributed by atoms with Crippen LogP contribution in [0, 0.1) is 0 Å². The van der Waals surface area contributed by atoms with Crippen molar-refractivity contribution in [1.82, 2.24) is 10.2 Å². The molecule has 7 heteroatoms. The lowest BCUT2D eigenvalue weighted by molar-refractivity contribution is -0.138. The van der Waals surface area contributed by atoms with Crippen LogP contribution < -0.4 is 11.1 Å². The van der Waals surface area contributed by atoms with Gasteiger partial charge in [0.1, 0.15) is 5.54 Å². The minimum atomic E-state index is -4.18. The minimum absolute atomic E-state index is 0.140. The van der Waals surface area contributed by atoms with Gasteiger partial charge >= 0.3 is 6.18 Å². The molecular weight excluding hydrogens is 247 g/mol. The van der Waals surface area contributed by atoms with Crippen LogP contribution in [0.5, 0.6) is 0 Å². The average molecular weight is 267 g/mol. The number of carbonyl (C=O) groups excluding carboxylic acids is 1. The van der Waals surface area contributed by atoms with E-state index < -0.39 is 24.0 Å². The van der Waals surface area contributed by atoms with Crippen molar-refractivity contribution in [3.63, 3.8) is 0 Å². The summed E-state index contributed by atoms with van der Waals surface area (Å²) in [5.74, 6) is -0.534. The summed E-state index contributed by atoms with van der Waals surface area (Å²) in [7, 11) is 1.56. The van der Waals surface area contributed by atoms with Crippen LogP contribution in [0.3, 0.4) is 0 Å². The molecule has 0 aromatic rings. The molecule has 1 saturated carbocycles. The molecule has 1 atom stereocenters. The monoisotopic (exact) mass is 267 g/mol. The number of primary amides is 1. The lowest BCUT2D eigenvalue weighted by Gasteiger charge is -2.32. The number of hydrogen-bond acceptors (Lipinski definition) is 3. The third kappa shape index (κ3) is 5.22. The highest BCUT2D eigenvalue weighted by molar-refractivity contribution is 5.84. The molecule has 0 heterocycles. The first-order valence-electron chi connectivity index (χ1n) is 5.95. The smallest absolute Gasteiger partial charge is 0.368 e. The topological polar surface area (TPSA) is 58.4 Å². The summed E-state index contributed by atoms with van der Waals surface area (Å²) in [6, 6.07) is 0.263. The number of halogens is 3. The number of alkyl halides is 3. The van der Waals surface area contributed by atoms with E-state index in [1.165, 1.54) is 4.90 Å². The van der Waals surface area contributed by atoms with Crippen molar-refractivity contribution in [3.05, 3.63) is 0 Å². The number of hydrogen-bond donors (Lipinski definition) is 2. The Hall–Kier alpha value is -0.820. The van der Waals surface area contributed by atoms with Crippen LogP contribution >= 0.6 is 0 Å². The predicted molar refractivity (Wildman–Crippen MR) is 61.9 cm³/mol. The van der Waals surface area contributed by atoms with Gasteiger partial charge in [0.15, 0.2) is 0 Å². The Morgan fingerprint density at radius 3 is 2.39 bits per heavy atom. The summed E-state index contributed by atoms with van der Waals surface area (Å²) in [6.07, 6.45) is -3.10. The lowest BCUT2D eigenvalue weighted by Crippen LogP contribution is -2.60. The number of nitrogens with zero attached hydrogens (tertiary/aromatic N) is 1. The molecule has 1 rings (SSSR count). The van der Waals surface area contributed by atoms with Crippen molar-refractivity contribution in [2.24, 2.45) is 5.73 Å². The van der Waals surface area contributed by atoms with Gasteiger partial charge in [0.25, 0.3) is 0 Å². The van der Waals surface area contributed by atoms with Crippen LogP contribution in [0.1, 0.15) is 26.2 Å². The molecule has 0 aromatic heterocycles. The van der Waals surface area contributed by atoms with Crippen LogP contribution in [0.4, 0.5) is 13.2 Å². The van der Waals surface area contributed by atoms with E-state index in [9.17, 15) is 18.0 Å². The maximum absolute atomic E-state index is 12.1. The molecule has 106 valence electrons. The molecule has 0 spiro atoms. The zero-order valence-electron chi connectivity index (χ0n) is 10.7. The molecular formula is C11H20F3N3O. The molecule has 0 radical (unpaired) electrons. The fourth-order valence-corrected chi connectivity index (χ4v) is 1.81. The van der Waals surface area contributed by atoms with E-state index in [4.69, 9.17) is 5.73 Å². The third-order valence-electron chi connectivity index (χ3n) is 3.01. The second-order valence-electron chi connectivity index (χ2n) is 5.22. The van der Waals surface area contributed by atoms with Crippen molar-refractivity contribution >= 4 is 5.91 Å². The van der Waals surface area contributed by atoms with Gasteiger partial charge in [0.05, 0.1) is 6.42 Å². The van der Waals surface area contributed by atoms with Crippen LogP contribution in [-0.2, 0) is 4.79 Å². The van der Waals surface area contributed by atoms with Gasteiger partial charge in [-0.05, 0) is 26.8 Å². The second-order valence-corrected chi connectivity index (χ2v) is 5.22. The molecule has 0 bridgehead atoms. The lowest BCUT2D eigenvalue weighted by atomic mass is 10.0. The Labute approximate surface area is 105 Å². The Morgan fingerprint density at radius 1 is 1.44 bits per heavy atom. The fourth-order valence-electron chi connectivity index (χ4n) is 1.81. The first-order valence-corrected chi connectivity index (χ1v) is 5.95. The van der Waals surface area contributed by atoms with Crippen molar-refractivity contribution < 1.29 is 18.0 Å². The second kappa shape index (κ2) is 5.44. The summed E-state index contributed by atoms with van der Waals surface area (Å²) >= 11 is 0. The molecule has 3 N–H and O–H groups in total. The van der Waals surface area contributed by atoms with Crippen molar-refractivity contribution in [2.45, 2.75) is 43.9 Å². The number of amides is 1. The standard InChI is InChI=1S/C11H20F3N3O/c1-10(9(15)18,16-8-3-4-8)7-17(2)6-5-11(12,13)14/h8,16H,3-7H2,1-2H3,(H2,15,18). The van der Waals surface area contributed by atoms with Crippen LogP contribution in [0.2, 0.25) is 0 Å². The Morgan fingerprint density at radius 2 is 2.00 bits per heavy atom. The van der Waals surface area contributed by atoms with E-state index >= 15 is 0 Å². The third-order valence-corrected chi connectivity index (χ3v) is 3.01. The van der Waals surface area contributed by atoms with E-state index in [2.05, 4.69) is 5.32 Å². The van der Waals surface area contributed by atoms with E-state index in [1.54, 1.807) is 14.0 Å². The van der Waals surface area contributed by atoms with E-state index in [1.807, 2.05) is 0 Å². The largest absolute Gasteiger partial charge is 0.390 e. The number of nitrogens with two attached hydrogens (primary N) is 1. The van der Waals surface area contributed by atoms with Crippen LogP contribution in [-0.4, -0.2) is 48.7 Å². The summed E-state index contributed by atoms with van der Waals surface area (Å²) in [5.41, 5.74) is 4.36. The van der Waals surface area contributed by atoms with E-state index in [0.717, 1.165) is 12.8 Å². The highest BCUT2D eigenvalue weighted by Gasteiger charge is 2.38. The first-order chi connectivity index (χ1) is 8.12. The van der Waals surface area contributed by atoms with Crippen molar-refractivity contribution in [1.29, 1.82) is 0 Å². The van der Waals surface area contributed by atoms with Gasteiger partial charge in [-0.1, -0.05) is 0 Å². The summed E-state index contributed by atoms with van der Waals surface area (Å²) < 4.78 is 36.3. The Bertz CT molecular complexity index is 304. The maximum atomic E-state index is 12.1. The Balaban J connectivity index is 2.46. The van der Waals surface area contributed by atoms with Crippen molar-refractivity contribution in [2.75, 3.05) is 20.1 Å². The zero-order chi connectivity index (χ0) is 14.0. The molecule has 1 unspecified atom stereocenters. The number of carbonyl (C=O) groups is 1. The van der Waals surface area contributed by atoms with Gasteiger partial charge < -0.3 is 10.6 Å². The van der Waals surface area contributed by atoms with Gasteiger partial charge in [-0.15, -0.1) is 0 Å². The first kappa shape index (κ1) is 15.2. The predicted octanol–water partition coefficient (Wildman–Crippen LogP) is 0.867. The highest BCUT2D eigenvalue weighted by Crippen LogP contribution is 2.23. The quantitative estimate of drug-likeness (QED) is 0.719. The number of likely N-dealkylation sites (N-methyl/N-ethyl adjacent to an activating group) is 1. The zero-order valence-corrected chi connectivity index (χ0v) is 10.7. The Kier molecular flexibility index (Phi) is 4.61. The minimum Gasteiger partial charge on any atom is -0.368 e. The summed E-state index contributed by atoms with van der Waals surface area (Å²) in [4.78, 5) is 12.9. The molecule has 0 saturated heterocycles. The molecule has 1 aliphatic carbocycles. The maximum Gasteiger partial charge on any atom is 0.390 e. The molecule has 0 aromatic carbocycles. The normalized spacial score (nSPS) is 19.9. The van der Waals surface area contributed by atoms with Gasteiger partial charge in [-0.3, -0.25) is 10.1 Å². The van der Waals surface area contributed by atoms with Gasteiger partial charge in [-0.2, -0.15) is 13.2 Å². The molecule has 1 aliphatic rings. The molecule has 1 fully saturated rings. The number of nitrogens with one attached hydrogen (secondary N) is 1. The molecule has 18 heavy (non-hydrogen) atoms.